The molecular formula is C27H46ClNO. The average molecular weight is 436 g/mol. The van der Waals surface area contributed by atoms with Gasteiger partial charge in [-0.3, -0.25) is 4.79 Å². The third-order valence-electron chi connectivity index (χ3n) is 10.8. The Labute approximate surface area is 190 Å². The molecule has 3 aliphatic carbocycles. The molecule has 1 aliphatic heterocycles. The molecule has 3 heteroatoms. The fourth-order valence-corrected chi connectivity index (χ4v) is 9.59. The molecule has 9 atom stereocenters. The Hall–Kier alpha value is -0.240. The van der Waals surface area contributed by atoms with Gasteiger partial charge in [0.2, 0.25) is 5.91 Å². The summed E-state index contributed by atoms with van der Waals surface area (Å²) in [6, 6.07) is 0.347. The van der Waals surface area contributed by atoms with Gasteiger partial charge in [0, 0.05) is 18.3 Å². The molecule has 0 radical (unpaired) electrons. The molecule has 1 heterocycles. The number of carbonyl (C=O) groups excluding carboxylic acids is 1. The number of rotatable bonds is 6. The number of hydrogen-bond donors (Lipinski definition) is 1. The first-order chi connectivity index (χ1) is 14.2. The standard InChI is InChI=1S/C27H46ClNO/c1-17(2)7-6-8-18(3)21-10-11-22-20-9-12-24-27(5,19(16-28)15-25(30)29-24)23(20)13-14-26(21,22)4/h17-24H,6-16H2,1-5H3,(H,29,30)/t18-,19?,20+,21-,22+,23+,24-,26-,27-/m1/s1. The molecular weight excluding hydrogens is 390 g/mol. The van der Waals surface area contributed by atoms with Gasteiger partial charge in [-0.2, -0.15) is 0 Å². The van der Waals surface area contributed by atoms with Crippen molar-refractivity contribution in [2.24, 2.45) is 52.3 Å². The fraction of sp³-hybridized carbons (Fsp3) is 0.963. The van der Waals surface area contributed by atoms with Crippen LogP contribution in [0.4, 0.5) is 0 Å². The van der Waals surface area contributed by atoms with Crippen LogP contribution in [0.15, 0.2) is 0 Å². The van der Waals surface area contributed by atoms with Gasteiger partial charge in [0.25, 0.3) is 0 Å². The summed E-state index contributed by atoms with van der Waals surface area (Å²) in [4.78, 5) is 12.3. The van der Waals surface area contributed by atoms with Crippen molar-refractivity contribution in [2.75, 3.05) is 5.88 Å². The highest BCUT2D eigenvalue weighted by atomic mass is 35.5. The van der Waals surface area contributed by atoms with E-state index in [0.717, 1.165) is 41.9 Å². The van der Waals surface area contributed by atoms with Gasteiger partial charge >= 0.3 is 0 Å². The van der Waals surface area contributed by atoms with Gasteiger partial charge in [-0.25, -0.2) is 0 Å². The van der Waals surface area contributed by atoms with E-state index in [4.69, 9.17) is 11.6 Å². The first-order valence-electron chi connectivity index (χ1n) is 13.1. The van der Waals surface area contributed by atoms with Gasteiger partial charge in [-0.05, 0) is 90.8 Å². The molecule has 1 unspecified atom stereocenters. The average Bonchev–Trinajstić information content (AvgIpc) is 3.05. The summed E-state index contributed by atoms with van der Waals surface area (Å²) >= 11 is 6.48. The lowest BCUT2D eigenvalue weighted by molar-refractivity contribution is -0.146. The van der Waals surface area contributed by atoms with Crippen LogP contribution in [0.25, 0.3) is 0 Å². The normalized spacial score (nSPS) is 46.7. The zero-order valence-electron chi connectivity index (χ0n) is 20.2. The molecule has 0 aromatic rings. The quantitative estimate of drug-likeness (QED) is 0.445. The van der Waals surface area contributed by atoms with Crippen LogP contribution in [-0.4, -0.2) is 17.8 Å². The lowest BCUT2D eigenvalue weighted by Gasteiger charge is -2.62. The van der Waals surface area contributed by atoms with Crippen LogP contribution >= 0.6 is 11.6 Å². The second-order valence-corrected chi connectivity index (χ2v) is 12.8. The third kappa shape index (κ3) is 3.65. The van der Waals surface area contributed by atoms with E-state index in [1.165, 1.54) is 51.4 Å². The van der Waals surface area contributed by atoms with Gasteiger partial charge in [-0.15, -0.1) is 11.6 Å². The van der Waals surface area contributed by atoms with E-state index in [9.17, 15) is 4.79 Å². The van der Waals surface area contributed by atoms with E-state index in [1.807, 2.05) is 0 Å². The zero-order chi connectivity index (χ0) is 21.7. The van der Waals surface area contributed by atoms with Crippen LogP contribution < -0.4 is 5.32 Å². The van der Waals surface area contributed by atoms with Crippen molar-refractivity contribution in [3.05, 3.63) is 0 Å². The summed E-state index contributed by atoms with van der Waals surface area (Å²) in [5.41, 5.74) is 0.733. The molecule has 2 nitrogen and oxygen atoms in total. The molecule has 4 rings (SSSR count). The predicted molar refractivity (Wildman–Crippen MR) is 126 cm³/mol. The van der Waals surface area contributed by atoms with Gasteiger partial charge in [0.05, 0.1) is 0 Å². The number of halogens is 1. The predicted octanol–water partition coefficient (Wildman–Crippen LogP) is 7.05. The van der Waals surface area contributed by atoms with Crippen LogP contribution in [0.2, 0.25) is 0 Å². The molecule has 172 valence electrons. The second-order valence-electron chi connectivity index (χ2n) is 12.5. The van der Waals surface area contributed by atoms with Crippen LogP contribution in [0.5, 0.6) is 0 Å². The summed E-state index contributed by atoms with van der Waals surface area (Å²) in [6.45, 7) is 12.4. The van der Waals surface area contributed by atoms with E-state index < -0.39 is 0 Å². The lowest BCUT2D eigenvalue weighted by atomic mass is 9.45. The third-order valence-corrected chi connectivity index (χ3v) is 11.2. The summed E-state index contributed by atoms with van der Waals surface area (Å²) in [5.74, 6) is 6.32. The molecule has 4 aliphatic rings. The Balaban J connectivity index is 1.51. The van der Waals surface area contributed by atoms with Crippen LogP contribution in [0.1, 0.15) is 98.8 Å². The summed E-state index contributed by atoms with van der Waals surface area (Å²) in [5, 5.41) is 3.39. The minimum atomic E-state index is 0.195. The van der Waals surface area contributed by atoms with Gasteiger partial charge in [0.15, 0.2) is 0 Å². The van der Waals surface area contributed by atoms with Crippen molar-refractivity contribution >= 4 is 17.5 Å². The smallest absolute Gasteiger partial charge is 0.220 e. The number of hydrogen-bond acceptors (Lipinski definition) is 1. The maximum atomic E-state index is 12.3. The lowest BCUT2D eigenvalue weighted by Crippen LogP contribution is -2.64. The van der Waals surface area contributed by atoms with Crippen LogP contribution in [-0.2, 0) is 4.79 Å². The first kappa shape index (κ1) is 22.9. The maximum absolute atomic E-state index is 12.3. The van der Waals surface area contributed by atoms with Gasteiger partial charge in [-0.1, -0.05) is 53.9 Å². The number of nitrogens with one attached hydrogen (secondary N) is 1. The van der Waals surface area contributed by atoms with E-state index in [2.05, 4.69) is 39.9 Å². The minimum Gasteiger partial charge on any atom is -0.353 e. The van der Waals surface area contributed by atoms with Crippen LogP contribution in [0.3, 0.4) is 0 Å². The SMILES string of the molecule is CC(C)CCC[C@@H](C)[C@H]1CC[C@H]2[C@@H]3CC[C@H]4NC(=O)CC(CCl)[C@]4(C)[C@H]3CC[C@]12C. The maximum Gasteiger partial charge on any atom is 0.220 e. The molecule has 30 heavy (non-hydrogen) atoms. The highest BCUT2D eigenvalue weighted by Gasteiger charge is 2.62. The van der Waals surface area contributed by atoms with Crippen molar-refractivity contribution in [2.45, 2.75) is 105 Å². The molecule has 1 amide bonds. The van der Waals surface area contributed by atoms with Crippen molar-refractivity contribution in [3.63, 3.8) is 0 Å². The zero-order valence-corrected chi connectivity index (χ0v) is 20.9. The first-order valence-corrected chi connectivity index (χ1v) is 13.6. The Bertz CT molecular complexity index is 622. The van der Waals surface area contributed by atoms with Crippen molar-refractivity contribution in [1.29, 1.82) is 0 Å². The Kier molecular flexibility index (Phi) is 6.58. The molecule has 1 N–H and O–H groups in total. The van der Waals surface area contributed by atoms with Crippen molar-refractivity contribution in [1.82, 2.24) is 5.32 Å². The minimum absolute atomic E-state index is 0.195. The molecule has 0 aromatic carbocycles. The monoisotopic (exact) mass is 435 g/mol. The molecule has 0 aromatic heterocycles. The number of fused-ring (bicyclic) bond motifs is 5. The summed E-state index contributed by atoms with van der Waals surface area (Å²) in [7, 11) is 0. The van der Waals surface area contributed by atoms with Crippen molar-refractivity contribution in [3.8, 4) is 0 Å². The Morgan fingerprint density at radius 3 is 2.50 bits per heavy atom. The number of amides is 1. The van der Waals surface area contributed by atoms with E-state index in [0.29, 0.717) is 29.7 Å². The highest BCUT2D eigenvalue weighted by Crippen LogP contribution is 2.67. The number of piperidine rings is 1. The van der Waals surface area contributed by atoms with E-state index in [-0.39, 0.29) is 11.3 Å². The number of carbonyl (C=O) groups is 1. The van der Waals surface area contributed by atoms with Crippen molar-refractivity contribution < 1.29 is 4.79 Å². The van der Waals surface area contributed by atoms with Gasteiger partial charge in [0.1, 0.15) is 0 Å². The molecule has 3 saturated carbocycles. The van der Waals surface area contributed by atoms with Crippen LogP contribution in [0, 0.1) is 52.3 Å². The summed E-state index contributed by atoms with van der Waals surface area (Å²) in [6.07, 6.45) is 12.9. The Morgan fingerprint density at radius 1 is 1.03 bits per heavy atom. The van der Waals surface area contributed by atoms with Gasteiger partial charge < -0.3 is 5.32 Å². The molecule has 4 fully saturated rings. The summed E-state index contributed by atoms with van der Waals surface area (Å²) < 4.78 is 0. The highest BCUT2D eigenvalue weighted by molar-refractivity contribution is 6.18. The topological polar surface area (TPSA) is 29.1 Å². The molecule has 1 saturated heterocycles. The molecule has 0 bridgehead atoms. The largest absolute Gasteiger partial charge is 0.353 e. The fourth-order valence-electron chi connectivity index (χ4n) is 9.15. The Morgan fingerprint density at radius 2 is 1.80 bits per heavy atom. The second kappa shape index (κ2) is 8.60. The van der Waals surface area contributed by atoms with E-state index in [1.54, 1.807) is 0 Å². The van der Waals surface area contributed by atoms with E-state index >= 15 is 0 Å². The number of alkyl halides is 1. The molecule has 0 spiro atoms.